The average molecular weight is 407 g/mol. The molecule has 0 bridgehead atoms. The number of rotatable bonds is 6. The fourth-order valence-electron chi connectivity index (χ4n) is 2.42. The number of ether oxygens (including phenoxy) is 1. The molecule has 5 N–H and O–H groups in total. The van der Waals surface area contributed by atoms with Crippen LogP contribution in [0.25, 0.3) is 0 Å². The van der Waals surface area contributed by atoms with Gasteiger partial charge in [-0.15, -0.1) is 0 Å². The van der Waals surface area contributed by atoms with Crippen LogP contribution in [-0.2, 0) is 10.9 Å². The van der Waals surface area contributed by atoms with Crippen LogP contribution in [0.1, 0.15) is 37.3 Å². The summed E-state index contributed by atoms with van der Waals surface area (Å²) in [6.07, 6.45) is -2.22. The van der Waals surface area contributed by atoms with Gasteiger partial charge >= 0.3 is 18.1 Å². The molecule has 0 saturated heterocycles. The standard InChI is InChI=1S/C20H21F3N4O2/c1-2-3-8-17(24)29-18(25)13-9-11-14(12-10-13)26-19(28)27-16-7-5-4-6-15(16)20(21,22)23/h4-7,9-12,24-25H,2-3,8H2,1H3,(H2,26,27,28)/p+1. The third-order valence-electron chi connectivity index (χ3n) is 3.90. The van der Waals surface area contributed by atoms with Crippen molar-refractivity contribution in [3.05, 3.63) is 59.7 Å². The fourth-order valence-corrected chi connectivity index (χ4v) is 2.42. The van der Waals surface area contributed by atoms with E-state index in [2.05, 4.69) is 10.6 Å². The first-order valence-corrected chi connectivity index (χ1v) is 8.93. The van der Waals surface area contributed by atoms with E-state index in [-0.39, 0.29) is 17.5 Å². The second-order valence-electron chi connectivity index (χ2n) is 6.20. The lowest BCUT2D eigenvalue weighted by atomic mass is 10.1. The predicted molar refractivity (Wildman–Crippen MR) is 105 cm³/mol. The molecule has 0 aliphatic rings. The highest BCUT2D eigenvalue weighted by molar-refractivity contribution is 6.01. The van der Waals surface area contributed by atoms with Crippen molar-refractivity contribution < 1.29 is 28.1 Å². The molecule has 9 heteroatoms. The molecule has 0 aliphatic heterocycles. The minimum Gasteiger partial charge on any atom is -0.390 e. The van der Waals surface area contributed by atoms with E-state index < -0.39 is 17.8 Å². The number of para-hydroxylation sites is 1. The summed E-state index contributed by atoms with van der Waals surface area (Å²) in [4.78, 5) is 12.0. The summed E-state index contributed by atoms with van der Waals surface area (Å²) in [7, 11) is 0. The second-order valence-corrected chi connectivity index (χ2v) is 6.20. The Kier molecular flexibility index (Phi) is 7.35. The van der Waals surface area contributed by atoms with E-state index in [9.17, 15) is 18.0 Å². The number of amides is 2. The molecule has 2 aromatic rings. The first-order valence-electron chi connectivity index (χ1n) is 8.93. The molecule has 0 aromatic heterocycles. The summed E-state index contributed by atoms with van der Waals surface area (Å²) >= 11 is 0. The van der Waals surface area contributed by atoms with Gasteiger partial charge in [-0.05, 0) is 42.8 Å². The molecule has 0 saturated carbocycles. The van der Waals surface area contributed by atoms with Crippen LogP contribution in [-0.4, -0.2) is 17.8 Å². The first-order chi connectivity index (χ1) is 13.7. The monoisotopic (exact) mass is 407 g/mol. The maximum absolute atomic E-state index is 13.0. The highest BCUT2D eigenvalue weighted by atomic mass is 19.4. The zero-order valence-corrected chi connectivity index (χ0v) is 15.8. The normalized spacial score (nSPS) is 10.9. The number of carbonyl (C=O) groups excluding carboxylic acids is 1. The number of halogens is 3. The number of hydrogen-bond donors (Lipinski definition) is 4. The molecular weight excluding hydrogens is 385 g/mol. The number of unbranched alkanes of at least 4 members (excludes halogenated alkanes) is 1. The first kappa shape index (κ1) is 21.9. The van der Waals surface area contributed by atoms with Gasteiger partial charge in [0.25, 0.3) is 0 Å². The summed E-state index contributed by atoms with van der Waals surface area (Å²) in [5.41, 5.74) is -0.500. The second kappa shape index (κ2) is 9.72. The minimum absolute atomic E-state index is 0.131. The third kappa shape index (κ3) is 6.63. The van der Waals surface area contributed by atoms with Crippen LogP contribution in [0.5, 0.6) is 0 Å². The highest BCUT2D eigenvalue weighted by Crippen LogP contribution is 2.34. The quantitative estimate of drug-likeness (QED) is 0.429. The molecular formula is C20H22F3N4O2+. The Labute approximate surface area is 166 Å². The van der Waals surface area contributed by atoms with Gasteiger partial charge in [-0.3, -0.25) is 5.41 Å². The number of nitrogens with one attached hydrogen (secondary N) is 3. The van der Waals surface area contributed by atoms with Crippen LogP contribution in [0, 0.1) is 5.41 Å². The van der Waals surface area contributed by atoms with Crippen LogP contribution in [0.15, 0.2) is 48.5 Å². The molecule has 0 unspecified atom stereocenters. The summed E-state index contributed by atoms with van der Waals surface area (Å²) < 4.78 is 44.2. The maximum atomic E-state index is 13.0. The van der Waals surface area contributed by atoms with Crippen molar-refractivity contribution in [3.63, 3.8) is 0 Å². The van der Waals surface area contributed by atoms with Gasteiger partial charge in [-0.1, -0.05) is 25.5 Å². The van der Waals surface area contributed by atoms with Gasteiger partial charge in [0, 0.05) is 11.3 Å². The molecule has 2 rings (SSSR count). The average Bonchev–Trinajstić information content (AvgIpc) is 2.66. The van der Waals surface area contributed by atoms with E-state index in [0.29, 0.717) is 17.7 Å². The van der Waals surface area contributed by atoms with Crippen molar-refractivity contribution in [2.75, 3.05) is 10.6 Å². The highest BCUT2D eigenvalue weighted by Gasteiger charge is 2.33. The van der Waals surface area contributed by atoms with E-state index in [0.717, 1.165) is 18.9 Å². The zero-order chi connectivity index (χ0) is 21.4. The van der Waals surface area contributed by atoms with Crippen LogP contribution < -0.4 is 16.0 Å². The minimum atomic E-state index is -4.58. The van der Waals surface area contributed by atoms with Crippen molar-refractivity contribution in [2.45, 2.75) is 32.4 Å². The van der Waals surface area contributed by atoms with E-state index in [1.807, 2.05) is 6.92 Å². The molecule has 0 fully saturated rings. The number of anilines is 2. The maximum Gasteiger partial charge on any atom is 0.418 e. The Morgan fingerprint density at radius 3 is 2.38 bits per heavy atom. The molecule has 6 nitrogen and oxygen atoms in total. The summed E-state index contributed by atoms with van der Waals surface area (Å²) in [5, 5.41) is 18.3. The molecule has 2 aromatic carbocycles. The Morgan fingerprint density at radius 1 is 1.10 bits per heavy atom. The van der Waals surface area contributed by atoms with E-state index in [4.69, 9.17) is 15.6 Å². The smallest absolute Gasteiger partial charge is 0.390 e. The lowest BCUT2D eigenvalue weighted by Crippen LogP contribution is -2.42. The van der Waals surface area contributed by atoms with Crippen molar-refractivity contribution in [1.29, 1.82) is 5.41 Å². The predicted octanol–water partition coefficient (Wildman–Crippen LogP) is 4.04. The van der Waals surface area contributed by atoms with Gasteiger partial charge in [0.15, 0.2) is 0 Å². The van der Waals surface area contributed by atoms with Crippen LogP contribution in [0.3, 0.4) is 0 Å². The third-order valence-corrected chi connectivity index (χ3v) is 3.90. The summed E-state index contributed by atoms with van der Waals surface area (Å²) in [5.74, 6) is 0.121. The number of urea groups is 1. The molecule has 29 heavy (non-hydrogen) atoms. The van der Waals surface area contributed by atoms with Crippen molar-refractivity contribution >= 4 is 29.2 Å². The SMILES string of the molecule is CCCCC(=[NH2+])OC(=N)c1ccc(NC(=O)Nc2ccccc2C(F)(F)F)cc1. The van der Waals surface area contributed by atoms with E-state index >= 15 is 0 Å². The largest absolute Gasteiger partial charge is 0.418 e. The van der Waals surface area contributed by atoms with Crippen molar-refractivity contribution in [1.82, 2.24) is 0 Å². The van der Waals surface area contributed by atoms with Gasteiger partial charge in [-0.2, -0.15) is 13.2 Å². The molecule has 2 amide bonds. The fraction of sp³-hybridized carbons (Fsp3) is 0.250. The molecule has 0 heterocycles. The lowest BCUT2D eigenvalue weighted by Gasteiger charge is -2.14. The molecule has 0 spiro atoms. The van der Waals surface area contributed by atoms with E-state index in [1.165, 1.54) is 42.5 Å². The van der Waals surface area contributed by atoms with E-state index in [1.54, 1.807) is 0 Å². The number of carbonyl (C=O) groups is 1. The van der Waals surface area contributed by atoms with Crippen molar-refractivity contribution in [3.8, 4) is 0 Å². The summed E-state index contributed by atoms with van der Waals surface area (Å²) in [6, 6.07) is 9.96. The molecule has 0 radical (unpaired) electrons. The molecule has 154 valence electrons. The van der Waals surface area contributed by atoms with Crippen LogP contribution >= 0.6 is 0 Å². The van der Waals surface area contributed by atoms with Gasteiger partial charge in [0.05, 0.1) is 17.7 Å². The molecule has 0 aliphatic carbocycles. The van der Waals surface area contributed by atoms with Crippen LogP contribution in [0.2, 0.25) is 0 Å². The van der Waals surface area contributed by atoms with Crippen molar-refractivity contribution in [2.24, 2.45) is 0 Å². The summed E-state index contributed by atoms with van der Waals surface area (Å²) in [6.45, 7) is 2.02. The number of nitrogens with two attached hydrogens (primary N) is 1. The zero-order valence-electron chi connectivity index (χ0n) is 15.8. The van der Waals surface area contributed by atoms with Gasteiger partial charge in [0.2, 0.25) is 5.90 Å². The number of benzene rings is 2. The Bertz CT molecular complexity index is 880. The number of hydrogen-bond acceptors (Lipinski definition) is 3. The Morgan fingerprint density at radius 2 is 1.76 bits per heavy atom. The van der Waals surface area contributed by atoms with Gasteiger partial charge in [0.1, 0.15) is 0 Å². The molecule has 0 atom stereocenters. The number of alkyl halides is 3. The topological polar surface area (TPSA) is 99.8 Å². The van der Waals surface area contributed by atoms with Crippen LogP contribution in [0.4, 0.5) is 29.3 Å². The van der Waals surface area contributed by atoms with Gasteiger partial charge in [-0.25, -0.2) is 10.2 Å². The van der Waals surface area contributed by atoms with Gasteiger partial charge < -0.3 is 15.4 Å². The lowest BCUT2D eigenvalue weighted by molar-refractivity contribution is -0.137. The Hall–Kier alpha value is -3.36. The Balaban J connectivity index is 1.97.